The highest BCUT2D eigenvalue weighted by molar-refractivity contribution is 7.20. The number of carbonyl (C=O) groups excluding carboxylic acids is 1. The normalized spacial score (nSPS) is 12.3. The van der Waals surface area contributed by atoms with Crippen molar-refractivity contribution < 1.29 is 4.79 Å². The van der Waals surface area contributed by atoms with E-state index in [4.69, 9.17) is 0 Å². The van der Waals surface area contributed by atoms with Gasteiger partial charge in [-0.1, -0.05) is 50.2 Å². The summed E-state index contributed by atoms with van der Waals surface area (Å²) in [5, 5.41) is 8.19. The van der Waals surface area contributed by atoms with Gasteiger partial charge < -0.3 is 5.32 Å². The Balaban J connectivity index is 1.65. The minimum atomic E-state index is 0.0255. The van der Waals surface area contributed by atoms with E-state index in [0.717, 1.165) is 27.6 Å². The van der Waals surface area contributed by atoms with Crippen LogP contribution in [0.5, 0.6) is 0 Å². The minimum absolute atomic E-state index is 0.0255. The number of hydrogen-bond donors (Lipinski definition) is 1. The number of thiophene rings is 1. The molecule has 1 aromatic carbocycles. The second-order valence-corrected chi connectivity index (χ2v) is 8.26. The van der Waals surface area contributed by atoms with E-state index in [1.165, 1.54) is 0 Å². The van der Waals surface area contributed by atoms with Crippen LogP contribution in [0.3, 0.4) is 0 Å². The van der Waals surface area contributed by atoms with Crippen LogP contribution in [0.2, 0.25) is 0 Å². The Bertz CT molecular complexity index is 794. The van der Waals surface area contributed by atoms with Crippen LogP contribution < -0.4 is 5.32 Å². The van der Waals surface area contributed by atoms with Crippen LogP contribution in [0.15, 0.2) is 53.2 Å². The molecule has 25 heavy (non-hydrogen) atoms. The highest BCUT2D eigenvalue weighted by Crippen LogP contribution is 2.28. The molecule has 0 saturated carbocycles. The highest BCUT2D eigenvalue weighted by atomic mass is 32.1. The number of thiazole rings is 1. The third-order valence-corrected chi connectivity index (χ3v) is 5.80. The SMILES string of the molecule is CC(C)CC(NC(=O)Cc1csc(-c2cccs2)n1)c1ccccc1. The predicted molar refractivity (Wildman–Crippen MR) is 106 cm³/mol. The number of nitrogens with one attached hydrogen (secondary N) is 1. The molecule has 0 radical (unpaired) electrons. The van der Waals surface area contributed by atoms with Gasteiger partial charge in [0.25, 0.3) is 0 Å². The summed E-state index contributed by atoms with van der Waals surface area (Å²) in [4.78, 5) is 18.3. The lowest BCUT2D eigenvalue weighted by Crippen LogP contribution is -2.30. The Labute approximate surface area is 156 Å². The van der Waals surface area contributed by atoms with E-state index in [0.29, 0.717) is 12.3 Å². The molecule has 0 fully saturated rings. The molecule has 0 aliphatic rings. The Morgan fingerprint density at radius 1 is 1.12 bits per heavy atom. The molecule has 3 nitrogen and oxygen atoms in total. The maximum atomic E-state index is 12.5. The summed E-state index contributed by atoms with van der Waals surface area (Å²) in [5.74, 6) is 0.535. The summed E-state index contributed by atoms with van der Waals surface area (Å²) in [5.41, 5.74) is 1.99. The molecule has 0 saturated heterocycles. The molecule has 1 unspecified atom stereocenters. The quantitative estimate of drug-likeness (QED) is 0.612. The molecule has 0 spiro atoms. The molecule has 0 aliphatic carbocycles. The van der Waals surface area contributed by atoms with Gasteiger partial charge >= 0.3 is 0 Å². The maximum Gasteiger partial charge on any atom is 0.226 e. The van der Waals surface area contributed by atoms with E-state index in [2.05, 4.69) is 42.3 Å². The molecule has 1 amide bonds. The number of aromatic nitrogens is 1. The summed E-state index contributed by atoms with van der Waals surface area (Å²) in [6.07, 6.45) is 1.25. The van der Waals surface area contributed by atoms with Crippen LogP contribution in [0.4, 0.5) is 0 Å². The number of amides is 1. The van der Waals surface area contributed by atoms with Gasteiger partial charge in [-0.15, -0.1) is 22.7 Å². The van der Waals surface area contributed by atoms with Crippen molar-refractivity contribution >= 4 is 28.6 Å². The zero-order chi connectivity index (χ0) is 17.6. The number of nitrogens with zero attached hydrogens (tertiary/aromatic N) is 1. The van der Waals surface area contributed by atoms with Gasteiger partial charge in [-0.2, -0.15) is 0 Å². The monoisotopic (exact) mass is 370 g/mol. The molecule has 130 valence electrons. The summed E-state index contributed by atoms with van der Waals surface area (Å²) in [6.45, 7) is 4.35. The van der Waals surface area contributed by atoms with Crippen LogP contribution in [-0.2, 0) is 11.2 Å². The first-order valence-electron chi connectivity index (χ1n) is 8.44. The van der Waals surface area contributed by atoms with Crippen LogP contribution in [-0.4, -0.2) is 10.9 Å². The first kappa shape index (κ1) is 17.8. The van der Waals surface area contributed by atoms with Gasteiger partial charge in [-0.05, 0) is 29.3 Å². The summed E-state index contributed by atoms with van der Waals surface area (Å²) in [7, 11) is 0. The average Bonchev–Trinajstić information content (AvgIpc) is 3.26. The van der Waals surface area contributed by atoms with E-state index in [9.17, 15) is 4.79 Å². The summed E-state index contributed by atoms with van der Waals surface area (Å²) < 4.78 is 0. The second-order valence-electron chi connectivity index (χ2n) is 6.46. The fraction of sp³-hybridized carbons (Fsp3) is 0.300. The van der Waals surface area contributed by atoms with Crippen molar-refractivity contribution in [2.45, 2.75) is 32.7 Å². The summed E-state index contributed by atoms with van der Waals surface area (Å²) in [6, 6.07) is 14.3. The third-order valence-electron chi connectivity index (χ3n) is 3.87. The fourth-order valence-corrected chi connectivity index (χ4v) is 4.38. The van der Waals surface area contributed by atoms with Crippen LogP contribution in [0.1, 0.15) is 37.6 Å². The zero-order valence-corrected chi connectivity index (χ0v) is 16.1. The van der Waals surface area contributed by atoms with E-state index < -0.39 is 0 Å². The van der Waals surface area contributed by atoms with Crippen molar-refractivity contribution in [3.05, 3.63) is 64.5 Å². The smallest absolute Gasteiger partial charge is 0.226 e. The van der Waals surface area contributed by atoms with Crippen molar-refractivity contribution in [3.8, 4) is 9.88 Å². The lowest BCUT2D eigenvalue weighted by atomic mass is 9.97. The minimum Gasteiger partial charge on any atom is -0.349 e. The predicted octanol–water partition coefficient (Wildman–Crippen LogP) is 5.32. The Morgan fingerprint density at radius 3 is 2.60 bits per heavy atom. The van der Waals surface area contributed by atoms with Gasteiger partial charge in [0.2, 0.25) is 5.91 Å². The van der Waals surface area contributed by atoms with Crippen molar-refractivity contribution in [1.82, 2.24) is 10.3 Å². The Hall–Kier alpha value is -1.98. The highest BCUT2D eigenvalue weighted by Gasteiger charge is 2.17. The molecule has 5 heteroatoms. The molecule has 0 aliphatic heterocycles. The number of rotatable bonds is 7. The van der Waals surface area contributed by atoms with Crippen molar-refractivity contribution in [2.75, 3.05) is 0 Å². The lowest BCUT2D eigenvalue weighted by Gasteiger charge is -2.21. The van der Waals surface area contributed by atoms with Crippen LogP contribution >= 0.6 is 22.7 Å². The fourth-order valence-electron chi connectivity index (χ4n) is 2.75. The topological polar surface area (TPSA) is 42.0 Å². The Kier molecular flexibility index (Phi) is 6.00. The number of hydrogen-bond acceptors (Lipinski definition) is 4. The van der Waals surface area contributed by atoms with Gasteiger partial charge in [0.1, 0.15) is 5.01 Å². The molecule has 2 aromatic heterocycles. The van der Waals surface area contributed by atoms with Gasteiger partial charge in [0.05, 0.1) is 23.0 Å². The third kappa shape index (κ3) is 5.00. The molecular weight excluding hydrogens is 348 g/mol. The van der Waals surface area contributed by atoms with E-state index in [1.54, 1.807) is 22.7 Å². The molecular formula is C20H22N2OS2. The van der Waals surface area contributed by atoms with Crippen molar-refractivity contribution in [2.24, 2.45) is 5.92 Å². The molecule has 3 aromatic rings. The standard InChI is InChI=1S/C20H22N2OS2/c1-14(2)11-17(15-7-4-3-5-8-15)22-19(23)12-16-13-25-20(21-16)18-9-6-10-24-18/h3-10,13-14,17H,11-12H2,1-2H3,(H,22,23). The maximum absolute atomic E-state index is 12.5. The molecule has 0 bridgehead atoms. The zero-order valence-electron chi connectivity index (χ0n) is 14.4. The first-order valence-corrected chi connectivity index (χ1v) is 10.2. The summed E-state index contributed by atoms with van der Waals surface area (Å²) >= 11 is 3.26. The first-order chi connectivity index (χ1) is 12.1. The van der Waals surface area contributed by atoms with E-state index >= 15 is 0 Å². The number of benzene rings is 1. The Morgan fingerprint density at radius 2 is 1.92 bits per heavy atom. The average molecular weight is 371 g/mol. The van der Waals surface area contributed by atoms with Gasteiger partial charge in [0, 0.05) is 5.38 Å². The van der Waals surface area contributed by atoms with Gasteiger partial charge in [0.15, 0.2) is 0 Å². The molecule has 2 heterocycles. The van der Waals surface area contributed by atoms with Gasteiger partial charge in [-0.25, -0.2) is 4.98 Å². The largest absolute Gasteiger partial charge is 0.349 e. The van der Waals surface area contributed by atoms with Crippen LogP contribution in [0, 0.1) is 5.92 Å². The molecule has 1 atom stereocenters. The molecule has 1 N–H and O–H groups in total. The lowest BCUT2D eigenvalue weighted by molar-refractivity contribution is -0.121. The number of carbonyl (C=O) groups is 1. The molecule has 3 rings (SSSR count). The van der Waals surface area contributed by atoms with E-state index in [-0.39, 0.29) is 11.9 Å². The van der Waals surface area contributed by atoms with Crippen molar-refractivity contribution in [3.63, 3.8) is 0 Å². The van der Waals surface area contributed by atoms with Gasteiger partial charge in [-0.3, -0.25) is 4.79 Å². The van der Waals surface area contributed by atoms with Crippen LogP contribution in [0.25, 0.3) is 9.88 Å². The van der Waals surface area contributed by atoms with Crippen molar-refractivity contribution in [1.29, 1.82) is 0 Å². The van der Waals surface area contributed by atoms with E-state index in [1.807, 2.05) is 35.0 Å². The second kappa shape index (κ2) is 8.41.